The van der Waals surface area contributed by atoms with Crippen molar-refractivity contribution in [1.82, 2.24) is 4.90 Å². The topological polar surface area (TPSA) is 20.3 Å². The number of likely N-dealkylation sites (tertiary alicyclic amines) is 1. The average Bonchev–Trinajstić information content (AvgIpc) is 2.65. The highest BCUT2D eigenvalue weighted by atomic mass is 79.9. The maximum atomic E-state index is 11.9. The molecule has 2 nitrogen and oxygen atoms in total. The summed E-state index contributed by atoms with van der Waals surface area (Å²) in [5.74, 6) is 0.0938. The Kier molecular flexibility index (Phi) is 3.44. The molecule has 0 radical (unpaired) electrons. The molecule has 2 rings (SSSR count). The SMILES string of the molecule is CN1CCC/C1=C\C(=O)c1ccc(Br)cc1. The fraction of sp³-hybridized carbons (Fsp3) is 0.308. The average molecular weight is 280 g/mol. The van der Waals surface area contributed by atoms with Gasteiger partial charge < -0.3 is 4.90 Å². The first-order valence-corrected chi connectivity index (χ1v) is 6.18. The molecule has 1 aromatic carbocycles. The second-order valence-electron chi connectivity index (χ2n) is 4.03. The van der Waals surface area contributed by atoms with Crippen LogP contribution in [-0.2, 0) is 0 Å². The summed E-state index contributed by atoms with van der Waals surface area (Å²) >= 11 is 3.36. The normalized spacial score (nSPS) is 18.1. The summed E-state index contributed by atoms with van der Waals surface area (Å²) in [6.45, 7) is 1.06. The number of hydrogen-bond acceptors (Lipinski definition) is 2. The van der Waals surface area contributed by atoms with Crippen LogP contribution in [0.3, 0.4) is 0 Å². The molecule has 0 bridgehead atoms. The molecule has 1 heterocycles. The van der Waals surface area contributed by atoms with Crippen molar-refractivity contribution >= 4 is 21.7 Å². The molecule has 0 aliphatic carbocycles. The molecular formula is C13H14BrNO. The van der Waals surface area contributed by atoms with Crippen LogP contribution in [-0.4, -0.2) is 24.3 Å². The molecule has 0 spiro atoms. The van der Waals surface area contributed by atoms with Crippen LogP contribution in [0, 0.1) is 0 Å². The zero-order valence-corrected chi connectivity index (χ0v) is 10.8. The van der Waals surface area contributed by atoms with Gasteiger partial charge in [0.05, 0.1) is 0 Å². The highest BCUT2D eigenvalue weighted by Gasteiger charge is 2.14. The van der Waals surface area contributed by atoms with Crippen molar-refractivity contribution in [2.75, 3.05) is 13.6 Å². The second kappa shape index (κ2) is 4.83. The van der Waals surface area contributed by atoms with Crippen molar-refractivity contribution in [2.24, 2.45) is 0 Å². The first-order chi connectivity index (χ1) is 7.66. The third-order valence-electron chi connectivity index (χ3n) is 2.84. The minimum absolute atomic E-state index is 0.0938. The van der Waals surface area contributed by atoms with Gasteiger partial charge >= 0.3 is 0 Å². The number of ketones is 1. The van der Waals surface area contributed by atoms with Crippen LogP contribution in [0.15, 0.2) is 40.5 Å². The van der Waals surface area contributed by atoms with Gasteiger partial charge in [0.15, 0.2) is 5.78 Å². The van der Waals surface area contributed by atoms with E-state index in [1.165, 1.54) is 0 Å². The van der Waals surface area contributed by atoms with Gasteiger partial charge in [-0.1, -0.05) is 15.9 Å². The molecule has 1 fully saturated rings. The Morgan fingerprint density at radius 3 is 2.62 bits per heavy atom. The van der Waals surface area contributed by atoms with Gasteiger partial charge in [0.2, 0.25) is 0 Å². The summed E-state index contributed by atoms with van der Waals surface area (Å²) in [7, 11) is 2.04. The number of benzene rings is 1. The Balaban J connectivity index is 2.16. The zero-order valence-electron chi connectivity index (χ0n) is 9.24. The van der Waals surface area contributed by atoms with E-state index in [-0.39, 0.29) is 5.78 Å². The summed E-state index contributed by atoms with van der Waals surface area (Å²) in [5.41, 5.74) is 1.89. The first kappa shape index (κ1) is 11.4. The lowest BCUT2D eigenvalue weighted by Crippen LogP contribution is -2.11. The van der Waals surface area contributed by atoms with Crippen molar-refractivity contribution < 1.29 is 4.79 Å². The second-order valence-corrected chi connectivity index (χ2v) is 4.95. The number of allylic oxidation sites excluding steroid dienone is 2. The summed E-state index contributed by atoms with van der Waals surface area (Å²) in [6, 6.07) is 7.48. The van der Waals surface area contributed by atoms with E-state index in [2.05, 4.69) is 20.8 Å². The first-order valence-electron chi connectivity index (χ1n) is 5.38. The summed E-state index contributed by atoms with van der Waals surface area (Å²) in [6.07, 6.45) is 3.92. The Morgan fingerprint density at radius 2 is 2.06 bits per heavy atom. The molecule has 84 valence electrons. The summed E-state index contributed by atoms with van der Waals surface area (Å²) in [4.78, 5) is 14.1. The zero-order chi connectivity index (χ0) is 11.5. The Hall–Kier alpha value is -1.09. The molecular weight excluding hydrogens is 266 g/mol. The molecule has 16 heavy (non-hydrogen) atoms. The largest absolute Gasteiger partial charge is 0.378 e. The van der Waals surface area contributed by atoms with E-state index in [0.717, 1.165) is 35.1 Å². The van der Waals surface area contributed by atoms with Crippen molar-refractivity contribution in [2.45, 2.75) is 12.8 Å². The van der Waals surface area contributed by atoms with E-state index >= 15 is 0 Å². The van der Waals surface area contributed by atoms with Crippen molar-refractivity contribution in [3.05, 3.63) is 46.1 Å². The summed E-state index contributed by atoms with van der Waals surface area (Å²) < 4.78 is 0.995. The Labute approximate surface area is 104 Å². The molecule has 0 amide bonds. The van der Waals surface area contributed by atoms with Gasteiger partial charge in [-0.15, -0.1) is 0 Å². The third-order valence-corrected chi connectivity index (χ3v) is 3.37. The van der Waals surface area contributed by atoms with Gasteiger partial charge in [-0.05, 0) is 37.1 Å². The fourth-order valence-electron chi connectivity index (χ4n) is 1.86. The van der Waals surface area contributed by atoms with Gasteiger partial charge in [-0.2, -0.15) is 0 Å². The minimum Gasteiger partial charge on any atom is -0.378 e. The van der Waals surface area contributed by atoms with Crippen LogP contribution < -0.4 is 0 Å². The fourth-order valence-corrected chi connectivity index (χ4v) is 2.13. The lowest BCUT2D eigenvalue weighted by atomic mass is 10.1. The van der Waals surface area contributed by atoms with E-state index in [4.69, 9.17) is 0 Å². The predicted molar refractivity (Wildman–Crippen MR) is 68.4 cm³/mol. The molecule has 1 aromatic rings. The summed E-state index contributed by atoms with van der Waals surface area (Å²) in [5, 5.41) is 0. The van der Waals surface area contributed by atoms with E-state index in [1.54, 1.807) is 6.08 Å². The molecule has 1 saturated heterocycles. The van der Waals surface area contributed by atoms with E-state index in [0.29, 0.717) is 0 Å². The third kappa shape index (κ3) is 2.53. The van der Waals surface area contributed by atoms with Crippen LogP contribution in [0.4, 0.5) is 0 Å². The molecule has 0 unspecified atom stereocenters. The maximum absolute atomic E-state index is 11.9. The highest BCUT2D eigenvalue weighted by molar-refractivity contribution is 9.10. The lowest BCUT2D eigenvalue weighted by molar-refractivity contribution is 0.104. The van der Waals surface area contributed by atoms with Crippen LogP contribution >= 0.6 is 15.9 Å². The Morgan fingerprint density at radius 1 is 1.38 bits per heavy atom. The number of rotatable bonds is 2. The number of carbonyl (C=O) groups is 1. The number of carbonyl (C=O) groups excluding carboxylic acids is 1. The number of hydrogen-bond donors (Lipinski definition) is 0. The van der Waals surface area contributed by atoms with E-state index in [1.807, 2.05) is 31.3 Å². The lowest BCUT2D eigenvalue weighted by Gasteiger charge is -2.11. The molecule has 0 N–H and O–H groups in total. The standard InChI is InChI=1S/C13H14BrNO/c1-15-8-2-3-12(15)9-13(16)10-4-6-11(14)7-5-10/h4-7,9H,2-3,8H2,1H3/b12-9+. The maximum Gasteiger partial charge on any atom is 0.187 e. The quantitative estimate of drug-likeness (QED) is 0.612. The monoisotopic (exact) mass is 279 g/mol. The van der Waals surface area contributed by atoms with Crippen LogP contribution in [0.1, 0.15) is 23.2 Å². The van der Waals surface area contributed by atoms with Gasteiger partial charge in [-0.25, -0.2) is 0 Å². The van der Waals surface area contributed by atoms with Crippen LogP contribution in [0.25, 0.3) is 0 Å². The van der Waals surface area contributed by atoms with Gasteiger partial charge in [0.1, 0.15) is 0 Å². The predicted octanol–water partition coefficient (Wildman–Crippen LogP) is 3.24. The minimum atomic E-state index is 0.0938. The van der Waals surface area contributed by atoms with Crippen molar-refractivity contribution in [1.29, 1.82) is 0 Å². The molecule has 0 saturated carbocycles. The highest BCUT2D eigenvalue weighted by Crippen LogP contribution is 2.19. The molecule has 0 atom stereocenters. The van der Waals surface area contributed by atoms with E-state index in [9.17, 15) is 4.79 Å². The van der Waals surface area contributed by atoms with E-state index < -0.39 is 0 Å². The van der Waals surface area contributed by atoms with Gasteiger partial charge in [-0.3, -0.25) is 4.79 Å². The smallest absolute Gasteiger partial charge is 0.187 e. The van der Waals surface area contributed by atoms with Crippen molar-refractivity contribution in [3.8, 4) is 0 Å². The number of halogens is 1. The van der Waals surface area contributed by atoms with Gasteiger partial charge in [0, 0.05) is 35.4 Å². The van der Waals surface area contributed by atoms with Crippen molar-refractivity contribution in [3.63, 3.8) is 0 Å². The molecule has 3 heteroatoms. The Bertz CT molecular complexity index is 422. The molecule has 1 aliphatic rings. The molecule has 1 aliphatic heterocycles. The van der Waals surface area contributed by atoms with Crippen LogP contribution in [0.2, 0.25) is 0 Å². The molecule has 0 aromatic heterocycles. The van der Waals surface area contributed by atoms with Gasteiger partial charge in [0.25, 0.3) is 0 Å². The number of nitrogens with zero attached hydrogens (tertiary/aromatic N) is 1. The van der Waals surface area contributed by atoms with Crippen LogP contribution in [0.5, 0.6) is 0 Å².